The van der Waals surface area contributed by atoms with E-state index in [2.05, 4.69) is 4.90 Å². The highest BCUT2D eigenvalue weighted by molar-refractivity contribution is 5.82. The van der Waals surface area contributed by atoms with Crippen LogP contribution in [-0.4, -0.2) is 40.4 Å². The number of rotatable bonds is 3. The molecule has 0 saturated carbocycles. The second-order valence-corrected chi connectivity index (χ2v) is 4.84. The van der Waals surface area contributed by atoms with E-state index in [1.165, 1.54) is 0 Å². The second-order valence-electron chi connectivity index (χ2n) is 4.84. The van der Waals surface area contributed by atoms with Crippen LogP contribution >= 0.6 is 0 Å². The maximum Gasteiger partial charge on any atom is 0.303 e. The first-order valence-corrected chi connectivity index (χ1v) is 5.50. The van der Waals surface area contributed by atoms with Crippen LogP contribution in [0.2, 0.25) is 0 Å². The monoisotopic (exact) mass is 211 g/mol. The molecule has 0 amide bonds. The topological polar surface area (TPSA) is 57.6 Å². The number of carboxylic acids is 1. The molecule has 2 fully saturated rings. The average Bonchev–Trinajstić information content (AvgIpc) is 2.36. The predicted molar refractivity (Wildman–Crippen MR) is 54.6 cm³/mol. The number of fused-ring (bicyclic) bond motifs is 2. The molecule has 1 N–H and O–H groups in total. The standard InChI is InChI=1S/C11H17NO3/c1-12-8-2-4-11(12,5-3-10(14)15)7-9(13)6-8/h8H,2-7H2,1H3,(H,14,15)/t8?,11-/m1/s1. The molecule has 0 aromatic heterocycles. The molecule has 4 heteroatoms. The minimum Gasteiger partial charge on any atom is -0.481 e. The number of aliphatic carboxylic acids is 1. The molecule has 2 aliphatic rings. The molecular formula is C11H17NO3. The summed E-state index contributed by atoms with van der Waals surface area (Å²) in [6.45, 7) is 0. The van der Waals surface area contributed by atoms with Crippen LogP contribution in [0.1, 0.15) is 38.5 Å². The molecule has 84 valence electrons. The molecular weight excluding hydrogens is 194 g/mol. The first-order valence-electron chi connectivity index (χ1n) is 5.50. The highest BCUT2D eigenvalue weighted by atomic mass is 16.4. The third kappa shape index (κ3) is 1.78. The lowest BCUT2D eigenvalue weighted by molar-refractivity contribution is -0.139. The molecule has 15 heavy (non-hydrogen) atoms. The Bertz CT molecular complexity index is 302. The Kier molecular flexibility index (Phi) is 2.54. The first-order chi connectivity index (χ1) is 7.03. The zero-order valence-electron chi connectivity index (χ0n) is 9.03. The first kappa shape index (κ1) is 10.6. The van der Waals surface area contributed by atoms with Crippen LogP contribution < -0.4 is 0 Å². The van der Waals surface area contributed by atoms with Gasteiger partial charge in [-0.2, -0.15) is 0 Å². The van der Waals surface area contributed by atoms with Crippen molar-refractivity contribution in [3.05, 3.63) is 0 Å². The highest BCUT2D eigenvalue weighted by Gasteiger charge is 2.49. The summed E-state index contributed by atoms with van der Waals surface area (Å²) >= 11 is 0. The lowest BCUT2D eigenvalue weighted by Gasteiger charge is -2.41. The van der Waals surface area contributed by atoms with Crippen molar-refractivity contribution in [3.63, 3.8) is 0 Å². The second kappa shape index (κ2) is 3.59. The molecule has 2 saturated heterocycles. The summed E-state index contributed by atoms with van der Waals surface area (Å²) in [6.07, 6.45) is 4.01. The van der Waals surface area contributed by atoms with E-state index >= 15 is 0 Å². The number of Topliss-reactive ketones (excluding diaryl/α,β-unsaturated/α-hetero) is 1. The summed E-state index contributed by atoms with van der Waals surface area (Å²) in [7, 11) is 2.03. The largest absolute Gasteiger partial charge is 0.481 e. The summed E-state index contributed by atoms with van der Waals surface area (Å²) in [5.41, 5.74) is -0.140. The van der Waals surface area contributed by atoms with E-state index in [1.54, 1.807) is 0 Å². The third-order valence-electron chi connectivity index (χ3n) is 4.03. The van der Waals surface area contributed by atoms with Gasteiger partial charge in [0.25, 0.3) is 0 Å². The molecule has 2 aliphatic heterocycles. The lowest BCUT2D eigenvalue weighted by atomic mass is 9.84. The number of nitrogens with zero attached hydrogens (tertiary/aromatic N) is 1. The SMILES string of the molecule is CN1C2CC[C@@]1(CCC(=O)O)CC(=O)C2. The van der Waals surface area contributed by atoms with Gasteiger partial charge >= 0.3 is 5.97 Å². The van der Waals surface area contributed by atoms with E-state index in [0.717, 1.165) is 12.8 Å². The molecule has 0 aliphatic carbocycles. The van der Waals surface area contributed by atoms with Gasteiger partial charge in [-0.1, -0.05) is 0 Å². The molecule has 2 atom stereocenters. The molecule has 0 radical (unpaired) electrons. The zero-order chi connectivity index (χ0) is 11.1. The van der Waals surface area contributed by atoms with Gasteiger partial charge in [-0.3, -0.25) is 14.5 Å². The van der Waals surface area contributed by atoms with Crippen LogP contribution in [0.4, 0.5) is 0 Å². The molecule has 1 unspecified atom stereocenters. The minimum absolute atomic E-state index is 0.140. The fraction of sp³-hybridized carbons (Fsp3) is 0.818. The van der Waals surface area contributed by atoms with Crippen molar-refractivity contribution in [3.8, 4) is 0 Å². The molecule has 2 heterocycles. The molecule has 0 aromatic rings. The number of ketones is 1. The quantitative estimate of drug-likeness (QED) is 0.758. The number of carbonyl (C=O) groups excluding carboxylic acids is 1. The number of hydrogen-bond donors (Lipinski definition) is 1. The van der Waals surface area contributed by atoms with Gasteiger partial charge in [0.05, 0.1) is 0 Å². The number of piperidine rings is 1. The number of hydrogen-bond acceptors (Lipinski definition) is 3. The van der Waals surface area contributed by atoms with Crippen molar-refractivity contribution in [1.29, 1.82) is 0 Å². The number of carboxylic acid groups (broad SMARTS) is 1. The smallest absolute Gasteiger partial charge is 0.303 e. The van der Waals surface area contributed by atoms with Crippen LogP contribution in [0, 0.1) is 0 Å². The van der Waals surface area contributed by atoms with Gasteiger partial charge < -0.3 is 5.11 Å². The average molecular weight is 211 g/mol. The summed E-state index contributed by atoms with van der Waals surface area (Å²) in [5, 5.41) is 8.72. The molecule has 2 bridgehead atoms. The van der Waals surface area contributed by atoms with Gasteiger partial charge in [-0.25, -0.2) is 0 Å². The van der Waals surface area contributed by atoms with Crippen LogP contribution in [0.5, 0.6) is 0 Å². The highest BCUT2D eigenvalue weighted by Crippen LogP contribution is 2.44. The number of carbonyl (C=O) groups is 2. The molecule has 0 spiro atoms. The zero-order valence-corrected chi connectivity index (χ0v) is 9.03. The van der Waals surface area contributed by atoms with E-state index < -0.39 is 5.97 Å². The van der Waals surface area contributed by atoms with E-state index in [1.807, 2.05) is 7.05 Å². The Morgan fingerprint density at radius 3 is 3.07 bits per heavy atom. The van der Waals surface area contributed by atoms with E-state index in [4.69, 9.17) is 5.11 Å². The minimum atomic E-state index is -0.765. The van der Waals surface area contributed by atoms with Crippen LogP contribution in [-0.2, 0) is 9.59 Å². The Balaban J connectivity index is 2.10. The summed E-state index contributed by atoms with van der Waals surface area (Å²) < 4.78 is 0. The Labute approximate surface area is 89.3 Å². The fourth-order valence-corrected chi connectivity index (χ4v) is 3.08. The fourth-order valence-electron chi connectivity index (χ4n) is 3.08. The maximum atomic E-state index is 11.5. The van der Waals surface area contributed by atoms with Crippen molar-refractivity contribution in [1.82, 2.24) is 4.90 Å². The van der Waals surface area contributed by atoms with Crippen molar-refractivity contribution in [2.75, 3.05) is 7.05 Å². The van der Waals surface area contributed by atoms with Gasteiger partial charge in [-0.15, -0.1) is 0 Å². The van der Waals surface area contributed by atoms with Gasteiger partial charge in [0.2, 0.25) is 0 Å². The van der Waals surface area contributed by atoms with E-state index in [-0.39, 0.29) is 12.0 Å². The van der Waals surface area contributed by atoms with Gasteiger partial charge in [0.15, 0.2) is 0 Å². The van der Waals surface area contributed by atoms with Crippen molar-refractivity contribution >= 4 is 11.8 Å². The third-order valence-corrected chi connectivity index (χ3v) is 4.03. The van der Waals surface area contributed by atoms with Gasteiger partial charge in [0.1, 0.15) is 5.78 Å². The van der Waals surface area contributed by atoms with Crippen molar-refractivity contribution in [2.45, 2.75) is 50.1 Å². The normalized spacial score (nSPS) is 35.8. The van der Waals surface area contributed by atoms with Gasteiger partial charge in [-0.05, 0) is 26.3 Å². The van der Waals surface area contributed by atoms with Crippen LogP contribution in [0.3, 0.4) is 0 Å². The van der Waals surface area contributed by atoms with Crippen molar-refractivity contribution < 1.29 is 14.7 Å². The van der Waals surface area contributed by atoms with Crippen LogP contribution in [0.15, 0.2) is 0 Å². The van der Waals surface area contributed by atoms with Crippen molar-refractivity contribution in [2.24, 2.45) is 0 Å². The van der Waals surface area contributed by atoms with E-state index in [0.29, 0.717) is 31.1 Å². The Morgan fingerprint density at radius 1 is 1.67 bits per heavy atom. The maximum absolute atomic E-state index is 11.5. The van der Waals surface area contributed by atoms with E-state index in [9.17, 15) is 9.59 Å². The van der Waals surface area contributed by atoms with Gasteiger partial charge in [0, 0.05) is 30.8 Å². The lowest BCUT2D eigenvalue weighted by Crippen LogP contribution is -2.50. The predicted octanol–water partition coefficient (Wildman–Crippen LogP) is 1.05. The summed E-state index contributed by atoms with van der Waals surface area (Å²) in [4.78, 5) is 24.4. The molecule has 0 aromatic carbocycles. The Morgan fingerprint density at radius 2 is 2.40 bits per heavy atom. The molecule has 4 nitrogen and oxygen atoms in total. The van der Waals surface area contributed by atoms with Crippen LogP contribution in [0.25, 0.3) is 0 Å². The summed E-state index contributed by atoms with van der Waals surface area (Å²) in [5.74, 6) is -0.458. The summed E-state index contributed by atoms with van der Waals surface area (Å²) in [6, 6.07) is 0.361. The Hall–Kier alpha value is -0.900. The molecule has 2 rings (SSSR count).